The van der Waals surface area contributed by atoms with Gasteiger partial charge in [0.2, 0.25) is 5.91 Å². The van der Waals surface area contributed by atoms with E-state index in [2.05, 4.69) is 31.3 Å². The molecule has 0 aliphatic rings. The Bertz CT molecular complexity index is 907. The predicted octanol–water partition coefficient (Wildman–Crippen LogP) is 11.1. The standard InChI is InChI=1S/C43H85N2O6P/c1-6-8-10-12-14-16-18-20-21-22-23-25-26-28-30-32-34-36-42(46)41(40-51-52(48,49)50-39-38-45(3,4)5)44-43(47)37-35-33-31-29-27-24-19-17-15-13-11-9-7-2/h26,28,34,36,41-42,46H,6-25,27,29-33,35,37-40H2,1-5H3,(H-,44,47,48,49)/b28-26+,36-34+/t41-,42+/m0/s1. The molecular formula is C43H85N2O6P. The lowest BCUT2D eigenvalue weighted by atomic mass is 10.0. The van der Waals surface area contributed by atoms with Crippen LogP contribution in [0.4, 0.5) is 0 Å². The second-order valence-electron chi connectivity index (χ2n) is 16.0. The van der Waals surface area contributed by atoms with Crippen molar-refractivity contribution >= 4 is 13.7 Å². The third kappa shape index (κ3) is 37.3. The monoisotopic (exact) mass is 757 g/mol. The molecule has 0 fully saturated rings. The van der Waals surface area contributed by atoms with E-state index in [1.165, 1.54) is 135 Å². The molecule has 308 valence electrons. The third-order valence-electron chi connectivity index (χ3n) is 9.66. The predicted molar refractivity (Wildman–Crippen MR) is 219 cm³/mol. The lowest BCUT2D eigenvalue weighted by Gasteiger charge is -2.29. The third-order valence-corrected chi connectivity index (χ3v) is 10.6. The highest BCUT2D eigenvalue weighted by Gasteiger charge is 2.23. The summed E-state index contributed by atoms with van der Waals surface area (Å²) in [6.45, 7) is 4.62. The van der Waals surface area contributed by atoms with Crippen LogP contribution in [0.3, 0.4) is 0 Å². The number of unbranched alkanes of at least 4 members (excludes halogenated alkanes) is 24. The first-order valence-electron chi connectivity index (χ1n) is 21.7. The summed E-state index contributed by atoms with van der Waals surface area (Å²) in [6.07, 6.45) is 40.8. The first kappa shape index (κ1) is 51.0. The molecule has 0 aliphatic carbocycles. The fourth-order valence-electron chi connectivity index (χ4n) is 6.17. The number of nitrogens with zero attached hydrogens (tertiary/aromatic N) is 1. The number of amides is 1. The molecule has 0 spiro atoms. The molecule has 0 rings (SSSR count). The quantitative estimate of drug-likeness (QED) is 0.0280. The van der Waals surface area contributed by atoms with Crippen LogP contribution < -0.4 is 10.2 Å². The molecule has 0 bridgehead atoms. The van der Waals surface area contributed by atoms with Crippen molar-refractivity contribution in [2.24, 2.45) is 0 Å². The van der Waals surface area contributed by atoms with E-state index in [0.29, 0.717) is 17.4 Å². The Hall–Kier alpha value is -1.02. The first-order valence-corrected chi connectivity index (χ1v) is 23.2. The van der Waals surface area contributed by atoms with Gasteiger partial charge in [-0.05, 0) is 32.1 Å². The molecule has 8 nitrogen and oxygen atoms in total. The summed E-state index contributed by atoms with van der Waals surface area (Å²) >= 11 is 0. The molecule has 52 heavy (non-hydrogen) atoms. The number of aliphatic hydroxyl groups is 1. The maximum atomic E-state index is 12.8. The first-order chi connectivity index (χ1) is 25.0. The molecule has 2 N–H and O–H groups in total. The molecule has 0 aromatic carbocycles. The van der Waals surface area contributed by atoms with E-state index in [-0.39, 0.29) is 19.1 Å². The van der Waals surface area contributed by atoms with E-state index in [1.807, 2.05) is 27.2 Å². The van der Waals surface area contributed by atoms with Crippen LogP contribution in [-0.4, -0.2) is 68.5 Å². The second kappa shape index (κ2) is 35.7. The molecule has 0 aromatic heterocycles. The molecule has 0 aromatic rings. The number of nitrogens with one attached hydrogen (secondary N) is 1. The van der Waals surface area contributed by atoms with Crippen molar-refractivity contribution in [2.45, 2.75) is 206 Å². The fourth-order valence-corrected chi connectivity index (χ4v) is 6.89. The maximum Gasteiger partial charge on any atom is 0.268 e. The summed E-state index contributed by atoms with van der Waals surface area (Å²) in [7, 11) is 1.25. The minimum Gasteiger partial charge on any atom is -0.756 e. The number of hydrogen-bond donors (Lipinski definition) is 2. The largest absolute Gasteiger partial charge is 0.756 e. The molecule has 0 aliphatic heterocycles. The van der Waals surface area contributed by atoms with E-state index in [4.69, 9.17) is 9.05 Å². The number of hydrogen-bond acceptors (Lipinski definition) is 6. The van der Waals surface area contributed by atoms with Gasteiger partial charge < -0.3 is 28.8 Å². The topological polar surface area (TPSA) is 108 Å². The molecule has 0 radical (unpaired) electrons. The molecular weight excluding hydrogens is 671 g/mol. The van der Waals surface area contributed by atoms with Gasteiger partial charge >= 0.3 is 0 Å². The summed E-state index contributed by atoms with van der Waals surface area (Å²) < 4.78 is 23.1. The minimum absolute atomic E-state index is 0.00439. The van der Waals surface area contributed by atoms with Gasteiger partial charge in [0, 0.05) is 6.42 Å². The number of carbonyl (C=O) groups is 1. The SMILES string of the molecule is CCCCCCCCCCCCC/C=C/CC/C=C/[C@@H](O)[C@H](COP(=O)([O-])OCC[N+](C)(C)C)NC(=O)CCCCCCCCCCCCCCC. The summed E-state index contributed by atoms with van der Waals surface area (Å²) in [5.41, 5.74) is 0. The van der Waals surface area contributed by atoms with Gasteiger partial charge in [0.25, 0.3) is 7.82 Å². The Morgan fingerprint density at radius 1 is 0.654 bits per heavy atom. The Morgan fingerprint density at radius 2 is 1.08 bits per heavy atom. The van der Waals surface area contributed by atoms with Crippen molar-refractivity contribution in [3.05, 3.63) is 24.3 Å². The number of rotatable bonds is 39. The van der Waals surface area contributed by atoms with E-state index in [9.17, 15) is 19.4 Å². The van der Waals surface area contributed by atoms with E-state index in [0.717, 1.165) is 38.5 Å². The number of allylic oxidation sites excluding steroid dienone is 3. The number of phosphoric acid groups is 1. The molecule has 9 heteroatoms. The van der Waals surface area contributed by atoms with Crippen LogP contribution >= 0.6 is 7.82 Å². The van der Waals surface area contributed by atoms with E-state index in [1.54, 1.807) is 6.08 Å². The van der Waals surface area contributed by atoms with Crippen LogP contribution in [0.2, 0.25) is 0 Å². The lowest BCUT2D eigenvalue weighted by molar-refractivity contribution is -0.870. The second-order valence-corrected chi connectivity index (χ2v) is 17.5. The highest BCUT2D eigenvalue weighted by Crippen LogP contribution is 2.38. The highest BCUT2D eigenvalue weighted by atomic mass is 31.2. The van der Waals surface area contributed by atoms with E-state index >= 15 is 0 Å². The number of quaternary nitrogens is 1. The Kier molecular flexibility index (Phi) is 35.0. The molecule has 1 unspecified atom stereocenters. The van der Waals surface area contributed by atoms with Gasteiger partial charge in [-0.2, -0.15) is 0 Å². The average Bonchev–Trinajstić information content (AvgIpc) is 3.09. The van der Waals surface area contributed by atoms with Crippen LogP contribution in [0.15, 0.2) is 24.3 Å². The number of phosphoric ester groups is 1. The molecule has 0 saturated heterocycles. The number of carbonyl (C=O) groups excluding carboxylic acids is 1. The summed E-state index contributed by atoms with van der Waals surface area (Å²) in [5, 5.41) is 13.7. The zero-order valence-electron chi connectivity index (χ0n) is 34.8. The van der Waals surface area contributed by atoms with Gasteiger partial charge in [0.1, 0.15) is 13.2 Å². The van der Waals surface area contributed by atoms with Crippen LogP contribution in [0, 0.1) is 0 Å². The normalized spacial score (nSPS) is 14.7. The smallest absolute Gasteiger partial charge is 0.268 e. The van der Waals surface area contributed by atoms with Crippen LogP contribution in [0.25, 0.3) is 0 Å². The van der Waals surface area contributed by atoms with Crippen LogP contribution in [0.1, 0.15) is 194 Å². The Morgan fingerprint density at radius 3 is 1.56 bits per heavy atom. The summed E-state index contributed by atoms with van der Waals surface area (Å²) in [6, 6.07) is -0.897. The fraction of sp³-hybridized carbons (Fsp3) is 0.884. The zero-order chi connectivity index (χ0) is 38.6. The van der Waals surface area contributed by atoms with E-state index < -0.39 is 20.0 Å². The van der Waals surface area contributed by atoms with Gasteiger partial charge in [-0.25, -0.2) is 0 Å². The van der Waals surface area contributed by atoms with Crippen molar-refractivity contribution in [1.29, 1.82) is 0 Å². The van der Waals surface area contributed by atoms with Crippen molar-refractivity contribution in [1.82, 2.24) is 5.32 Å². The number of likely N-dealkylation sites (N-methyl/N-ethyl adjacent to an activating group) is 1. The summed E-state index contributed by atoms with van der Waals surface area (Å²) in [5.74, 6) is -0.207. The van der Waals surface area contributed by atoms with Gasteiger partial charge in [0.05, 0.1) is 39.9 Å². The Balaban J connectivity index is 4.49. The Labute approximate surface area is 322 Å². The minimum atomic E-state index is -4.59. The van der Waals surface area contributed by atoms with Crippen LogP contribution in [-0.2, 0) is 18.4 Å². The molecule has 3 atom stereocenters. The highest BCUT2D eigenvalue weighted by molar-refractivity contribution is 7.45. The van der Waals surface area contributed by atoms with Gasteiger partial charge in [-0.3, -0.25) is 9.36 Å². The van der Waals surface area contributed by atoms with Crippen molar-refractivity contribution in [3.63, 3.8) is 0 Å². The lowest BCUT2D eigenvalue weighted by Crippen LogP contribution is -2.45. The molecule has 0 heterocycles. The van der Waals surface area contributed by atoms with Gasteiger partial charge in [0.15, 0.2) is 0 Å². The van der Waals surface area contributed by atoms with Crippen LogP contribution in [0.5, 0.6) is 0 Å². The average molecular weight is 757 g/mol. The van der Waals surface area contributed by atoms with Crippen molar-refractivity contribution < 1.29 is 32.9 Å². The van der Waals surface area contributed by atoms with Crippen molar-refractivity contribution in [2.75, 3.05) is 40.9 Å². The van der Waals surface area contributed by atoms with Gasteiger partial charge in [-0.1, -0.05) is 179 Å². The number of aliphatic hydroxyl groups excluding tert-OH is 1. The maximum absolute atomic E-state index is 12.8. The zero-order valence-corrected chi connectivity index (χ0v) is 35.7. The molecule has 1 amide bonds. The molecule has 0 saturated carbocycles. The summed E-state index contributed by atoms with van der Waals surface area (Å²) in [4.78, 5) is 25.2. The van der Waals surface area contributed by atoms with Crippen molar-refractivity contribution in [3.8, 4) is 0 Å². The van der Waals surface area contributed by atoms with Gasteiger partial charge in [-0.15, -0.1) is 0 Å².